The Labute approximate surface area is 133 Å². The van der Waals surface area contributed by atoms with E-state index in [9.17, 15) is 14.5 Å². The van der Waals surface area contributed by atoms with E-state index in [0.717, 1.165) is 25.7 Å². The molecule has 0 aliphatic heterocycles. The summed E-state index contributed by atoms with van der Waals surface area (Å²) in [6.45, 7) is 5.41. The third kappa shape index (κ3) is 6.37. The van der Waals surface area contributed by atoms with Crippen LogP contribution in [-0.4, -0.2) is 48.6 Å². The summed E-state index contributed by atoms with van der Waals surface area (Å²) in [6.07, 6.45) is 4.38. The van der Waals surface area contributed by atoms with Crippen molar-refractivity contribution in [2.45, 2.75) is 63.8 Å². The zero-order valence-electron chi connectivity index (χ0n) is 14.0. The number of nitrogens with one attached hydrogen (secondary N) is 1. The first-order valence-corrected chi connectivity index (χ1v) is 10.3. The minimum atomic E-state index is -2.70. The highest BCUT2D eigenvalue weighted by Crippen LogP contribution is 2.53. The zero-order chi connectivity index (χ0) is 16.8. The van der Waals surface area contributed by atoms with Crippen molar-refractivity contribution in [1.82, 2.24) is 5.32 Å². The summed E-state index contributed by atoms with van der Waals surface area (Å²) in [4.78, 5) is 11.7. The molecule has 1 unspecified atom stereocenters. The highest BCUT2D eigenvalue weighted by atomic mass is 31.2. The second-order valence-corrected chi connectivity index (χ2v) is 9.47. The van der Waals surface area contributed by atoms with E-state index in [0.29, 0.717) is 0 Å². The molecule has 1 saturated carbocycles. The van der Waals surface area contributed by atoms with Crippen molar-refractivity contribution in [1.29, 1.82) is 0 Å². The summed E-state index contributed by atoms with van der Waals surface area (Å²) in [5, 5.41) is 12.5. The van der Waals surface area contributed by atoms with Crippen LogP contribution in [0.15, 0.2) is 0 Å². The average molecular weight is 334 g/mol. The van der Waals surface area contributed by atoms with Crippen molar-refractivity contribution in [2.75, 3.05) is 19.8 Å². The Morgan fingerprint density at radius 1 is 1.36 bits per heavy atom. The summed E-state index contributed by atoms with van der Waals surface area (Å²) >= 11 is 0. The van der Waals surface area contributed by atoms with E-state index in [4.69, 9.17) is 10.3 Å². The summed E-state index contributed by atoms with van der Waals surface area (Å²) in [5.74, 6) is -0.253. The van der Waals surface area contributed by atoms with Crippen LogP contribution >= 0.6 is 7.37 Å². The van der Waals surface area contributed by atoms with Gasteiger partial charge in [-0.1, -0.05) is 33.1 Å². The van der Waals surface area contributed by atoms with Gasteiger partial charge in [-0.25, -0.2) is 0 Å². The van der Waals surface area contributed by atoms with Gasteiger partial charge in [-0.2, -0.15) is 0 Å². The minimum absolute atomic E-state index is 0.0263. The lowest BCUT2D eigenvalue weighted by Crippen LogP contribution is -2.46. The minimum Gasteiger partial charge on any atom is -0.389 e. The molecule has 6 nitrogen and oxygen atoms in total. The first-order valence-electron chi connectivity index (χ1n) is 8.17. The summed E-state index contributed by atoms with van der Waals surface area (Å²) < 4.78 is 18.1. The second-order valence-electron chi connectivity index (χ2n) is 6.67. The normalized spacial score (nSPS) is 22.1. The number of hydrogen-bond acceptors (Lipinski definition) is 5. The van der Waals surface area contributed by atoms with Gasteiger partial charge in [0.15, 0.2) is 0 Å². The van der Waals surface area contributed by atoms with Crippen molar-refractivity contribution >= 4 is 13.3 Å². The van der Waals surface area contributed by atoms with Crippen molar-refractivity contribution in [3.63, 3.8) is 0 Å². The molecule has 0 heterocycles. The third-order valence-corrected chi connectivity index (χ3v) is 6.80. The molecule has 22 heavy (non-hydrogen) atoms. The van der Waals surface area contributed by atoms with E-state index >= 15 is 0 Å². The Kier molecular flexibility index (Phi) is 8.04. The smallest absolute Gasteiger partial charge is 0.237 e. The van der Waals surface area contributed by atoms with Gasteiger partial charge in [-0.3, -0.25) is 9.36 Å². The molecule has 4 N–H and O–H groups in total. The monoisotopic (exact) mass is 334 g/mol. The number of aliphatic hydroxyl groups excluding tert-OH is 1. The Morgan fingerprint density at radius 3 is 2.50 bits per heavy atom. The number of nitrogens with two attached hydrogens (primary N) is 1. The van der Waals surface area contributed by atoms with E-state index in [-0.39, 0.29) is 30.6 Å². The maximum Gasteiger partial charge on any atom is 0.237 e. The molecule has 0 saturated heterocycles. The second kappa shape index (κ2) is 9.02. The summed E-state index contributed by atoms with van der Waals surface area (Å²) in [5.41, 5.74) is 5.83. The zero-order valence-corrected chi connectivity index (χ0v) is 14.9. The molecular formula is C15H31N2O4P. The van der Waals surface area contributed by atoms with Gasteiger partial charge in [-0.05, 0) is 18.8 Å². The fraction of sp³-hybridized carbons (Fsp3) is 0.933. The molecule has 0 aromatic rings. The molecule has 130 valence electrons. The van der Waals surface area contributed by atoms with Crippen LogP contribution in [0.1, 0.15) is 46.0 Å². The van der Waals surface area contributed by atoms with Gasteiger partial charge in [0.1, 0.15) is 0 Å². The van der Waals surface area contributed by atoms with Gasteiger partial charge < -0.3 is 20.7 Å². The molecule has 1 rings (SSSR count). The lowest BCUT2D eigenvalue weighted by atomic mass is 10.0. The highest BCUT2D eigenvalue weighted by Gasteiger charge is 2.31. The maximum absolute atomic E-state index is 12.6. The largest absolute Gasteiger partial charge is 0.389 e. The predicted octanol–water partition coefficient (Wildman–Crippen LogP) is 1.70. The van der Waals surface area contributed by atoms with Crippen LogP contribution < -0.4 is 11.1 Å². The third-order valence-electron chi connectivity index (χ3n) is 4.29. The SMILES string of the molecule is CC(C)[C@H](N)C(=O)NC[C@@H](O)COP(C)(=O)C1CCCCC1. The lowest BCUT2D eigenvalue weighted by molar-refractivity contribution is -0.123. The fourth-order valence-corrected chi connectivity index (χ4v) is 4.57. The molecule has 1 fully saturated rings. The first-order chi connectivity index (χ1) is 10.2. The summed E-state index contributed by atoms with van der Waals surface area (Å²) in [6, 6.07) is -0.590. The van der Waals surface area contributed by atoms with Gasteiger partial charge in [0.2, 0.25) is 13.3 Å². The molecule has 0 radical (unpaired) electrons. The first kappa shape index (κ1) is 19.6. The van der Waals surface area contributed by atoms with E-state index in [1.165, 1.54) is 6.42 Å². The van der Waals surface area contributed by atoms with Crippen LogP contribution in [0.2, 0.25) is 0 Å². The Balaban J connectivity index is 2.31. The van der Waals surface area contributed by atoms with Crippen LogP contribution in [0.3, 0.4) is 0 Å². The number of hydrogen-bond donors (Lipinski definition) is 3. The number of rotatable bonds is 8. The van der Waals surface area contributed by atoms with Crippen molar-refractivity contribution in [2.24, 2.45) is 11.7 Å². The standard InChI is InChI=1S/C15H31N2O4P/c1-11(2)14(16)15(19)17-9-12(18)10-21-22(3,20)13-7-5-4-6-8-13/h11-14,18H,4-10,16H2,1-3H3,(H,17,19)/t12-,14+,22?/m1/s1. The molecule has 0 aromatic heterocycles. The van der Waals surface area contributed by atoms with Crippen molar-refractivity contribution < 1.29 is 19.0 Å². The van der Waals surface area contributed by atoms with Gasteiger partial charge >= 0.3 is 0 Å². The molecule has 1 aliphatic carbocycles. The quantitative estimate of drug-likeness (QED) is 0.587. The molecule has 0 spiro atoms. The number of carbonyl (C=O) groups excluding carboxylic acids is 1. The summed E-state index contributed by atoms with van der Waals surface area (Å²) in [7, 11) is -2.70. The van der Waals surface area contributed by atoms with E-state index < -0.39 is 19.5 Å². The van der Waals surface area contributed by atoms with Crippen LogP contribution in [0.5, 0.6) is 0 Å². The Hall–Kier alpha value is -0.420. The van der Waals surface area contributed by atoms with Crippen molar-refractivity contribution in [3.8, 4) is 0 Å². The average Bonchev–Trinajstić information content (AvgIpc) is 2.50. The maximum atomic E-state index is 12.6. The van der Waals surface area contributed by atoms with Crippen molar-refractivity contribution in [3.05, 3.63) is 0 Å². The van der Waals surface area contributed by atoms with E-state index in [2.05, 4.69) is 5.32 Å². The van der Waals surface area contributed by atoms with E-state index in [1.54, 1.807) is 6.66 Å². The van der Waals surface area contributed by atoms with Crippen LogP contribution in [0, 0.1) is 5.92 Å². The topological polar surface area (TPSA) is 102 Å². The van der Waals surface area contributed by atoms with Gasteiger partial charge in [-0.15, -0.1) is 0 Å². The molecule has 1 amide bonds. The Bertz CT molecular complexity index is 397. The molecular weight excluding hydrogens is 303 g/mol. The predicted molar refractivity (Wildman–Crippen MR) is 88.2 cm³/mol. The van der Waals surface area contributed by atoms with E-state index in [1.807, 2.05) is 13.8 Å². The lowest BCUT2D eigenvalue weighted by Gasteiger charge is -2.28. The van der Waals surface area contributed by atoms with Gasteiger partial charge in [0.25, 0.3) is 0 Å². The Morgan fingerprint density at radius 2 is 1.95 bits per heavy atom. The number of carbonyl (C=O) groups is 1. The van der Waals surface area contributed by atoms with Crippen LogP contribution in [0.4, 0.5) is 0 Å². The molecule has 0 bridgehead atoms. The van der Waals surface area contributed by atoms with Gasteiger partial charge in [0, 0.05) is 18.9 Å². The van der Waals surface area contributed by atoms with Crippen LogP contribution in [0.25, 0.3) is 0 Å². The van der Waals surface area contributed by atoms with Crippen LogP contribution in [-0.2, 0) is 13.9 Å². The molecule has 3 atom stereocenters. The number of aliphatic hydroxyl groups is 1. The number of amides is 1. The molecule has 0 aromatic carbocycles. The fourth-order valence-electron chi connectivity index (χ4n) is 2.59. The van der Waals surface area contributed by atoms with Gasteiger partial charge in [0.05, 0.1) is 18.8 Å². The molecule has 1 aliphatic rings. The highest BCUT2D eigenvalue weighted by molar-refractivity contribution is 7.58. The molecule has 7 heteroatoms.